The van der Waals surface area contributed by atoms with E-state index in [1.165, 1.54) is 11.1 Å². The third kappa shape index (κ3) is 1.63. The van der Waals surface area contributed by atoms with Gasteiger partial charge in [0.25, 0.3) is 0 Å². The molecule has 1 unspecified atom stereocenters. The third-order valence-electron chi connectivity index (χ3n) is 2.50. The minimum Gasteiger partial charge on any atom is -0.392 e. The molecule has 1 aliphatic carbocycles. The van der Waals surface area contributed by atoms with E-state index in [4.69, 9.17) is 0 Å². The first-order chi connectivity index (χ1) is 6.29. The van der Waals surface area contributed by atoms with E-state index >= 15 is 0 Å². The van der Waals surface area contributed by atoms with E-state index in [9.17, 15) is 9.90 Å². The first-order valence-corrected chi connectivity index (χ1v) is 4.52. The van der Waals surface area contributed by atoms with E-state index in [1.807, 2.05) is 18.2 Å². The van der Waals surface area contributed by atoms with Crippen LogP contribution in [0.3, 0.4) is 0 Å². The fourth-order valence-corrected chi connectivity index (χ4v) is 1.87. The zero-order chi connectivity index (χ0) is 9.26. The molecule has 13 heavy (non-hydrogen) atoms. The second-order valence-corrected chi connectivity index (χ2v) is 3.54. The molecule has 0 radical (unpaired) electrons. The highest BCUT2D eigenvalue weighted by atomic mass is 16.3. The highest BCUT2D eigenvalue weighted by molar-refractivity contribution is 5.55. The van der Waals surface area contributed by atoms with Gasteiger partial charge in [0.1, 0.15) is 6.29 Å². The highest BCUT2D eigenvalue weighted by Crippen LogP contribution is 2.23. The molecule has 1 atom stereocenters. The molecule has 2 rings (SSSR count). The van der Waals surface area contributed by atoms with Crippen molar-refractivity contribution in [3.05, 3.63) is 34.9 Å². The molecule has 0 fully saturated rings. The minimum absolute atomic E-state index is 0.221. The molecular formula is C11H12O2. The maximum Gasteiger partial charge on any atom is 0.124 e. The van der Waals surface area contributed by atoms with Crippen LogP contribution in [-0.4, -0.2) is 17.5 Å². The second-order valence-electron chi connectivity index (χ2n) is 3.54. The van der Waals surface area contributed by atoms with E-state index in [2.05, 4.69) is 0 Å². The summed E-state index contributed by atoms with van der Waals surface area (Å²) in [4.78, 5) is 10.3. The first-order valence-electron chi connectivity index (χ1n) is 4.52. The quantitative estimate of drug-likeness (QED) is 0.679. The van der Waals surface area contributed by atoms with Gasteiger partial charge in [-0.2, -0.15) is 0 Å². The zero-order valence-electron chi connectivity index (χ0n) is 7.36. The smallest absolute Gasteiger partial charge is 0.124 e. The largest absolute Gasteiger partial charge is 0.392 e. The number of carbonyl (C=O) groups excluding carboxylic acids is 1. The number of fused-ring (bicyclic) bond motifs is 1. The summed E-state index contributed by atoms with van der Waals surface area (Å²) < 4.78 is 0. The molecule has 68 valence electrons. The predicted molar refractivity (Wildman–Crippen MR) is 49.6 cm³/mol. The van der Waals surface area contributed by atoms with Crippen LogP contribution in [0.25, 0.3) is 0 Å². The number of aliphatic hydroxyl groups excluding tert-OH is 1. The molecule has 1 aromatic carbocycles. The van der Waals surface area contributed by atoms with Crippen molar-refractivity contribution in [1.82, 2.24) is 0 Å². The number of benzene rings is 1. The lowest BCUT2D eigenvalue weighted by molar-refractivity contribution is -0.107. The van der Waals surface area contributed by atoms with E-state index in [0.717, 1.165) is 24.7 Å². The molecule has 0 spiro atoms. The molecular weight excluding hydrogens is 164 g/mol. The summed E-state index contributed by atoms with van der Waals surface area (Å²) >= 11 is 0. The number of carbonyl (C=O) groups is 1. The van der Waals surface area contributed by atoms with Crippen LogP contribution in [0.4, 0.5) is 0 Å². The van der Waals surface area contributed by atoms with E-state index in [0.29, 0.717) is 6.42 Å². The molecule has 0 aliphatic heterocycles. The molecule has 2 nitrogen and oxygen atoms in total. The summed E-state index contributed by atoms with van der Waals surface area (Å²) in [7, 11) is 0. The predicted octanol–water partition coefficient (Wildman–Crippen LogP) is 0.887. The minimum atomic E-state index is -0.221. The van der Waals surface area contributed by atoms with Gasteiger partial charge >= 0.3 is 0 Å². The summed E-state index contributed by atoms with van der Waals surface area (Å²) in [5.41, 5.74) is 3.47. The molecule has 0 amide bonds. The Balaban J connectivity index is 2.29. The van der Waals surface area contributed by atoms with Gasteiger partial charge in [0.15, 0.2) is 0 Å². The average molecular weight is 176 g/mol. The van der Waals surface area contributed by atoms with Gasteiger partial charge < -0.3 is 9.90 Å². The van der Waals surface area contributed by atoms with Crippen molar-refractivity contribution in [2.45, 2.75) is 25.4 Å². The van der Waals surface area contributed by atoms with Crippen molar-refractivity contribution in [3.8, 4) is 0 Å². The molecule has 0 aromatic heterocycles. The van der Waals surface area contributed by atoms with Gasteiger partial charge in [0, 0.05) is 6.42 Å². The maximum absolute atomic E-state index is 10.3. The van der Waals surface area contributed by atoms with Crippen LogP contribution in [0.5, 0.6) is 0 Å². The van der Waals surface area contributed by atoms with E-state index in [-0.39, 0.29) is 6.10 Å². The van der Waals surface area contributed by atoms with Crippen molar-refractivity contribution < 1.29 is 9.90 Å². The van der Waals surface area contributed by atoms with Crippen molar-refractivity contribution in [3.63, 3.8) is 0 Å². The Morgan fingerprint density at radius 2 is 2.15 bits per heavy atom. The van der Waals surface area contributed by atoms with Gasteiger partial charge in [-0.3, -0.25) is 0 Å². The third-order valence-corrected chi connectivity index (χ3v) is 2.50. The highest BCUT2D eigenvalue weighted by Gasteiger charge is 2.18. The Kier molecular flexibility index (Phi) is 2.15. The lowest BCUT2D eigenvalue weighted by Gasteiger charge is -2.00. The second kappa shape index (κ2) is 3.30. The van der Waals surface area contributed by atoms with Crippen LogP contribution in [0.2, 0.25) is 0 Å². The van der Waals surface area contributed by atoms with Gasteiger partial charge in [0.05, 0.1) is 6.10 Å². The van der Waals surface area contributed by atoms with Gasteiger partial charge in [-0.15, -0.1) is 0 Å². The van der Waals surface area contributed by atoms with Crippen LogP contribution < -0.4 is 0 Å². The lowest BCUT2D eigenvalue weighted by atomic mass is 10.1. The number of hydrogen-bond donors (Lipinski definition) is 1. The lowest BCUT2D eigenvalue weighted by Crippen LogP contribution is -2.03. The Morgan fingerprint density at radius 1 is 1.38 bits per heavy atom. The summed E-state index contributed by atoms with van der Waals surface area (Å²) in [6, 6.07) is 6.01. The fourth-order valence-electron chi connectivity index (χ4n) is 1.87. The summed E-state index contributed by atoms with van der Waals surface area (Å²) in [6.45, 7) is 0. The topological polar surface area (TPSA) is 37.3 Å². The number of hydrogen-bond acceptors (Lipinski definition) is 2. The fraction of sp³-hybridized carbons (Fsp3) is 0.364. The normalized spacial score (nSPS) is 19.9. The first kappa shape index (κ1) is 8.45. The van der Waals surface area contributed by atoms with Crippen molar-refractivity contribution in [1.29, 1.82) is 0 Å². The van der Waals surface area contributed by atoms with Gasteiger partial charge in [-0.05, 0) is 29.5 Å². The molecule has 0 saturated heterocycles. The Morgan fingerprint density at radius 3 is 2.92 bits per heavy atom. The Hall–Kier alpha value is -1.15. The molecule has 0 heterocycles. The molecule has 1 N–H and O–H groups in total. The molecule has 2 heteroatoms. The summed E-state index contributed by atoms with van der Waals surface area (Å²) in [5, 5.41) is 9.40. The number of aliphatic hydroxyl groups is 1. The Labute approximate surface area is 77.2 Å². The molecule has 0 saturated carbocycles. The average Bonchev–Trinajstić information content (AvgIpc) is 2.44. The van der Waals surface area contributed by atoms with E-state index in [1.54, 1.807) is 0 Å². The van der Waals surface area contributed by atoms with Crippen LogP contribution in [0.1, 0.15) is 16.7 Å². The van der Waals surface area contributed by atoms with Crippen LogP contribution >= 0.6 is 0 Å². The zero-order valence-corrected chi connectivity index (χ0v) is 7.36. The Bertz CT molecular complexity index is 331. The van der Waals surface area contributed by atoms with E-state index < -0.39 is 0 Å². The standard InChI is InChI=1S/C11H12O2/c12-4-3-8-1-2-9-6-11(13)7-10(9)5-8/h1-2,4-5,11,13H,3,6-7H2. The molecule has 0 bridgehead atoms. The monoisotopic (exact) mass is 176 g/mol. The SMILES string of the molecule is O=CCc1ccc2c(c1)CC(O)C2. The number of rotatable bonds is 2. The van der Waals surface area contributed by atoms with Gasteiger partial charge in [-0.1, -0.05) is 18.2 Å². The number of aldehydes is 1. The summed E-state index contributed by atoms with van der Waals surface area (Å²) in [5.74, 6) is 0. The van der Waals surface area contributed by atoms with Crippen LogP contribution in [-0.2, 0) is 24.1 Å². The van der Waals surface area contributed by atoms with Crippen molar-refractivity contribution in [2.75, 3.05) is 0 Å². The van der Waals surface area contributed by atoms with Crippen LogP contribution in [0, 0.1) is 0 Å². The molecule has 1 aromatic rings. The van der Waals surface area contributed by atoms with Crippen molar-refractivity contribution >= 4 is 6.29 Å². The van der Waals surface area contributed by atoms with Gasteiger partial charge in [0.2, 0.25) is 0 Å². The van der Waals surface area contributed by atoms with Crippen molar-refractivity contribution in [2.24, 2.45) is 0 Å². The van der Waals surface area contributed by atoms with Crippen LogP contribution in [0.15, 0.2) is 18.2 Å². The summed E-state index contributed by atoms with van der Waals surface area (Å²) in [6.07, 6.45) is 2.66. The maximum atomic E-state index is 10.3. The van der Waals surface area contributed by atoms with Gasteiger partial charge in [-0.25, -0.2) is 0 Å². The molecule has 1 aliphatic rings.